The fraction of sp³-hybridized carbons (Fsp3) is 0.214. The molecule has 0 radical (unpaired) electrons. The molecule has 10 nitrogen and oxygen atoms in total. The van der Waals surface area contributed by atoms with Crippen molar-refractivity contribution in [3.63, 3.8) is 0 Å². The lowest BCUT2D eigenvalue weighted by Crippen LogP contribution is -2.16. The van der Waals surface area contributed by atoms with Crippen LogP contribution in [-0.4, -0.2) is 41.4 Å². The summed E-state index contributed by atoms with van der Waals surface area (Å²) in [6, 6.07) is 17.0. The largest absolute Gasteiger partial charge is 0.461 e. The Morgan fingerprint density at radius 1 is 0.974 bits per heavy atom. The molecule has 0 aliphatic heterocycles. The Morgan fingerprint density at radius 3 is 2.31 bits per heavy atom. The van der Waals surface area contributed by atoms with Crippen LogP contribution in [0, 0.1) is 20.8 Å². The van der Waals surface area contributed by atoms with Gasteiger partial charge >= 0.3 is 5.97 Å². The van der Waals surface area contributed by atoms with Crippen molar-refractivity contribution in [3.05, 3.63) is 101 Å². The van der Waals surface area contributed by atoms with Crippen LogP contribution in [0.25, 0.3) is 0 Å². The number of nitrogens with zero attached hydrogens (tertiary/aromatic N) is 3. The summed E-state index contributed by atoms with van der Waals surface area (Å²) in [5.41, 5.74) is 3.75. The molecule has 202 valence electrons. The maximum absolute atomic E-state index is 13.4. The highest BCUT2D eigenvalue weighted by Gasteiger charge is 2.27. The van der Waals surface area contributed by atoms with E-state index in [-0.39, 0.29) is 17.5 Å². The van der Waals surface area contributed by atoms with E-state index in [1.54, 1.807) is 38.3 Å². The van der Waals surface area contributed by atoms with E-state index < -0.39 is 21.9 Å². The molecule has 2 N–H and O–H groups in total. The van der Waals surface area contributed by atoms with E-state index in [4.69, 9.17) is 4.74 Å². The van der Waals surface area contributed by atoms with Gasteiger partial charge in [-0.25, -0.2) is 27.9 Å². The zero-order valence-corrected chi connectivity index (χ0v) is 22.9. The fourth-order valence-corrected chi connectivity index (χ4v) is 5.19. The number of amides is 1. The lowest BCUT2D eigenvalue weighted by atomic mass is 10.1. The van der Waals surface area contributed by atoms with Crippen molar-refractivity contribution < 1.29 is 22.7 Å². The van der Waals surface area contributed by atoms with Crippen LogP contribution in [0.15, 0.2) is 71.8 Å². The van der Waals surface area contributed by atoms with Gasteiger partial charge in [-0.1, -0.05) is 30.3 Å². The van der Waals surface area contributed by atoms with E-state index >= 15 is 0 Å². The van der Waals surface area contributed by atoms with E-state index in [1.807, 2.05) is 30.3 Å². The molecule has 0 atom stereocenters. The van der Waals surface area contributed by atoms with Gasteiger partial charge in [-0.15, -0.1) is 0 Å². The molecule has 4 rings (SSSR count). The van der Waals surface area contributed by atoms with Crippen LogP contribution in [0.2, 0.25) is 0 Å². The Balaban J connectivity index is 1.59. The smallest absolute Gasteiger partial charge is 0.355 e. The molecule has 0 aliphatic rings. The number of hydrogen-bond donors (Lipinski definition) is 2. The van der Waals surface area contributed by atoms with Gasteiger partial charge in [-0.05, 0) is 69.2 Å². The molecule has 0 saturated heterocycles. The molecule has 0 fully saturated rings. The molecule has 2 heterocycles. The van der Waals surface area contributed by atoms with Gasteiger partial charge in [0.2, 0.25) is 5.95 Å². The first kappa shape index (κ1) is 27.5. The summed E-state index contributed by atoms with van der Waals surface area (Å²) >= 11 is 0. The lowest BCUT2D eigenvalue weighted by molar-refractivity contribution is 0.0513. The summed E-state index contributed by atoms with van der Waals surface area (Å²) in [6.07, 6.45) is 1.46. The quantitative estimate of drug-likeness (QED) is 0.295. The number of carbonyl (C=O) groups is 2. The Morgan fingerprint density at radius 2 is 1.67 bits per heavy atom. The van der Waals surface area contributed by atoms with E-state index in [1.165, 1.54) is 30.5 Å². The number of benzene rings is 2. The predicted molar refractivity (Wildman–Crippen MR) is 147 cm³/mol. The number of sulfonamides is 1. The third kappa shape index (κ3) is 6.15. The highest BCUT2D eigenvalue weighted by molar-refractivity contribution is 7.92. The van der Waals surface area contributed by atoms with Crippen LogP contribution in [0.1, 0.15) is 50.3 Å². The molecular formula is C28H29N5O5S. The van der Waals surface area contributed by atoms with Crippen molar-refractivity contribution in [3.8, 4) is 0 Å². The second kappa shape index (κ2) is 11.5. The maximum atomic E-state index is 13.4. The van der Waals surface area contributed by atoms with Crippen LogP contribution >= 0.6 is 0 Å². The van der Waals surface area contributed by atoms with Crippen LogP contribution < -0.4 is 10.0 Å². The van der Waals surface area contributed by atoms with E-state index in [0.29, 0.717) is 40.4 Å². The molecule has 0 unspecified atom stereocenters. The zero-order chi connectivity index (χ0) is 28.2. The van der Waals surface area contributed by atoms with E-state index in [0.717, 1.165) is 5.56 Å². The Hall–Kier alpha value is -4.51. The van der Waals surface area contributed by atoms with Gasteiger partial charge in [-0.2, -0.15) is 0 Å². The van der Waals surface area contributed by atoms with Crippen LogP contribution in [0.3, 0.4) is 0 Å². The van der Waals surface area contributed by atoms with Crippen molar-refractivity contribution in [2.24, 2.45) is 0 Å². The number of anilines is 2. The van der Waals surface area contributed by atoms with Crippen molar-refractivity contribution in [2.75, 3.05) is 16.6 Å². The number of aryl methyl sites for hydroxylation is 1. The van der Waals surface area contributed by atoms with E-state index in [2.05, 4.69) is 20.0 Å². The van der Waals surface area contributed by atoms with Crippen LogP contribution in [-0.2, 0) is 21.3 Å². The molecule has 39 heavy (non-hydrogen) atoms. The van der Waals surface area contributed by atoms with Crippen LogP contribution in [0.4, 0.5) is 11.6 Å². The molecule has 2 aromatic heterocycles. The molecule has 0 spiro atoms. The molecule has 2 aromatic carbocycles. The minimum absolute atomic E-state index is 0.0171. The summed E-state index contributed by atoms with van der Waals surface area (Å²) in [4.78, 5) is 34.2. The summed E-state index contributed by atoms with van der Waals surface area (Å²) in [5.74, 6) is -0.965. The molecule has 0 saturated carbocycles. The number of esters is 1. The average Bonchev–Trinajstić information content (AvgIpc) is 3.13. The fourth-order valence-electron chi connectivity index (χ4n) is 4.24. The SMILES string of the molecule is CCOC(=O)c1c(C)c(C(=O)Nc2ccc(S(=O)(=O)Nc3nccc(C)n3)cc2)c(C)n1Cc1ccccc1. The summed E-state index contributed by atoms with van der Waals surface area (Å²) in [5, 5.41) is 2.81. The molecule has 0 aliphatic carbocycles. The first-order valence-electron chi connectivity index (χ1n) is 12.2. The number of rotatable bonds is 9. The monoisotopic (exact) mass is 547 g/mol. The number of nitrogens with one attached hydrogen (secondary N) is 2. The lowest BCUT2D eigenvalue weighted by Gasteiger charge is -2.12. The topological polar surface area (TPSA) is 132 Å². The van der Waals surface area contributed by atoms with Crippen molar-refractivity contribution in [1.82, 2.24) is 14.5 Å². The summed E-state index contributed by atoms with van der Waals surface area (Å²) in [6.45, 7) is 7.54. The highest BCUT2D eigenvalue weighted by atomic mass is 32.2. The number of ether oxygens (including phenoxy) is 1. The average molecular weight is 548 g/mol. The highest BCUT2D eigenvalue weighted by Crippen LogP contribution is 2.26. The van der Waals surface area contributed by atoms with Gasteiger partial charge in [0.15, 0.2) is 0 Å². The molecule has 4 aromatic rings. The number of carbonyl (C=O) groups excluding carboxylic acids is 2. The third-order valence-corrected chi connectivity index (χ3v) is 7.43. The zero-order valence-electron chi connectivity index (χ0n) is 22.1. The summed E-state index contributed by atoms with van der Waals surface area (Å²) < 4.78 is 34.9. The minimum Gasteiger partial charge on any atom is -0.461 e. The molecule has 11 heteroatoms. The minimum atomic E-state index is -3.93. The van der Waals surface area contributed by atoms with Gasteiger partial charge in [-0.3, -0.25) is 4.79 Å². The predicted octanol–water partition coefficient (Wildman–Crippen LogP) is 4.48. The third-order valence-electron chi connectivity index (χ3n) is 6.09. The Kier molecular flexibility index (Phi) is 8.10. The summed E-state index contributed by atoms with van der Waals surface area (Å²) in [7, 11) is -3.93. The van der Waals surface area contributed by atoms with Crippen molar-refractivity contribution in [2.45, 2.75) is 39.1 Å². The van der Waals surface area contributed by atoms with Crippen LogP contribution in [0.5, 0.6) is 0 Å². The van der Waals surface area contributed by atoms with Gasteiger partial charge in [0.05, 0.1) is 17.1 Å². The first-order valence-corrected chi connectivity index (χ1v) is 13.7. The molecule has 0 bridgehead atoms. The number of hydrogen-bond acceptors (Lipinski definition) is 7. The Labute approximate surface area is 227 Å². The standard InChI is InChI=1S/C28H29N5O5S/c1-5-38-27(35)25-19(3)24(20(4)33(25)17-21-9-7-6-8-10-21)26(34)31-22-11-13-23(14-12-22)39(36,37)32-28-29-16-15-18(2)30-28/h6-16H,5,17H2,1-4H3,(H,31,34)(H,29,30,32). The van der Waals surface area contributed by atoms with Gasteiger partial charge < -0.3 is 14.6 Å². The number of aromatic nitrogens is 3. The van der Waals surface area contributed by atoms with E-state index in [9.17, 15) is 18.0 Å². The Bertz CT molecular complexity index is 1610. The van der Waals surface area contributed by atoms with Gasteiger partial charge in [0, 0.05) is 29.8 Å². The second-order valence-electron chi connectivity index (χ2n) is 8.83. The molecular weight excluding hydrogens is 518 g/mol. The second-order valence-corrected chi connectivity index (χ2v) is 10.5. The first-order chi connectivity index (χ1) is 18.6. The van der Waals surface area contributed by atoms with Crippen molar-refractivity contribution in [1.29, 1.82) is 0 Å². The molecule has 1 amide bonds. The normalized spacial score (nSPS) is 11.2. The van der Waals surface area contributed by atoms with Gasteiger partial charge in [0.1, 0.15) is 5.69 Å². The van der Waals surface area contributed by atoms with Crippen molar-refractivity contribution >= 4 is 33.5 Å². The van der Waals surface area contributed by atoms with Gasteiger partial charge in [0.25, 0.3) is 15.9 Å². The maximum Gasteiger partial charge on any atom is 0.355 e.